The van der Waals surface area contributed by atoms with Gasteiger partial charge in [0, 0.05) is 17.1 Å². The van der Waals surface area contributed by atoms with Crippen LogP contribution in [-0.4, -0.2) is 54.2 Å². The van der Waals surface area contributed by atoms with Crippen LogP contribution >= 0.6 is 0 Å². The summed E-state index contributed by atoms with van der Waals surface area (Å²) in [6, 6.07) is 0. The molecule has 0 saturated carbocycles. The van der Waals surface area contributed by atoms with Gasteiger partial charge < -0.3 is 5.48 Å². The molecule has 0 saturated heterocycles. The van der Waals surface area contributed by atoms with Gasteiger partial charge >= 0.3 is 37.7 Å². The Labute approximate surface area is 70.3 Å². The smallest absolute Gasteiger partial charge is 0 e. The molecule has 1 nitrogen and oxygen atoms in total. The van der Waals surface area contributed by atoms with Crippen LogP contribution in [0.15, 0.2) is 0 Å². The molecule has 0 heterocycles. The Morgan fingerprint density at radius 2 is 1.00 bits per heavy atom. The largest absolute Gasteiger partial charge is 0.870 e. The van der Waals surface area contributed by atoms with Crippen molar-refractivity contribution in [3.8, 4) is 0 Å². The maximum absolute atomic E-state index is 0. The molecule has 0 aliphatic heterocycles. The van der Waals surface area contributed by atoms with Crippen molar-refractivity contribution in [1.29, 1.82) is 0 Å². The molecular weight excluding hydrogens is 140 g/mol. The van der Waals surface area contributed by atoms with E-state index in [1.54, 1.807) is 0 Å². The molecule has 0 bridgehead atoms. The van der Waals surface area contributed by atoms with Gasteiger partial charge in [-0.2, -0.15) is 0 Å². The Hall–Kier alpha value is 1.96. The fourth-order valence-electron chi connectivity index (χ4n) is 0. The molecule has 0 aromatic rings. The molecule has 0 amide bonds. The van der Waals surface area contributed by atoms with Gasteiger partial charge in [-0.05, 0) is 11.0 Å². The molecule has 1 N–H and O–H groups in total. The van der Waals surface area contributed by atoms with Crippen molar-refractivity contribution in [2.75, 3.05) is 0 Å². The van der Waals surface area contributed by atoms with Crippen LogP contribution in [-0.2, 0) is 17.1 Å². The fraction of sp³-hybridized carbons (Fsp3) is 0. The quantitative estimate of drug-likeness (QED) is 0.354. The Kier molecular flexibility index (Phi) is 194. The molecule has 0 radical (unpaired) electrons. The first-order valence-corrected chi connectivity index (χ1v) is 0. The predicted molar refractivity (Wildman–Crippen MR) is 20.4 cm³/mol. The predicted octanol–water partition coefficient (Wildman–Crippen LogP) is -2.28. The van der Waals surface area contributed by atoms with Crippen molar-refractivity contribution in [2.24, 2.45) is 0 Å². The monoisotopic (exact) mass is 146 g/mol. The summed E-state index contributed by atoms with van der Waals surface area (Å²) in [6.07, 6.45) is 0. The normalized spacial score (nSPS) is 0. The third kappa shape index (κ3) is 9.03. The number of hydrogen-bond acceptors (Lipinski definition) is 1. The van der Waals surface area contributed by atoms with Crippen LogP contribution in [0.1, 0.15) is 0 Å². The second kappa shape index (κ2) is 20.3. The summed E-state index contributed by atoms with van der Waals surface area (Å²) in [6.45, 7) is 0. The van der Waals surface area contributed by atoms with Gasteiger partial charge in [-0.1, -0.05) is 0 Å². The molecule has 0 atom stereocenters. The average molecular weight is 146 g/mol. The minimum Gasteiger partial charge on any atom is -0.870 e. The van der Waals surface area contributed by atoms with Gasteiger partial charge in [0.25, 0.3) is 0 Å². The van der Waals surface area contributed by atoms with Crippen LogP contribution in [0.3, 0.4) is 0 Å². The zero-order chi connectivity index (χ0) is 0. The standard InChI is InChI=1S/Ca.Fe.H2O.H4Si.H/h;;1H2;1H4;/q+1;;;;/p-1. The summed E-state index contributed by atoms with van der Waals surface area (Å²) < 4.78 is 0. The summed E-state index contributed by atoms with van der Waals surface area (Å²) in [7, 11) is 0. The fourth-order valence-corrected chi connectivity index (χ4v) is 0. The molecule has 0 rings (SSSR count). The van der Waals surface area contributed by atoms with Gasteiger partial charge in [0.2, 0.25) is 0 Å². The van der Waals surface area contributed by atoms with E-state index in [2.05, 4.69) is 0 Å². The van der Waals surface area contributed by atoms with Crippen molar-refractivity contribution in [2.45, 2.75) is 0 Å². The molecule has 26 valence electrons. The van der Waals surface area contributed by atoms with E-state index in [9.17, 15) is 0 Å². The SMILES string of the molecule is [CaH+].[Fe].[OH-].[SiH4]. The molecule has 4 heteroatoms. The van der Waals surface area contributed by atoms with Gasteiger partial charge in [0.15, 0.2) is 0 Å². The Balaban J connectivity index is 0. The van der Waals surface area contributed by atoms with E-state index < -0.39 is 0 Å². The molecule has 4 heavy (non-hydrogen) atoms. The number of hydrogen-bond donors (Lipinski definition) is 0. The summed E-state index contributed by atoms with van der Waals surface area (Å²) >= 11 is 0. The van der Waals surface area contributed by atoms with E-state index in [1.165, 1.54) is 0 Å². The molecule has 0 aliphatic rings. The molecule has 0 aromatic heterocycles. The van der Waals surface area contributed by atoms with Crippen LogP contribution < -0.4 is 0 Å². The summed E-state index contributed by atoms with van der Waals surface area (Å²) in [5.41, 5.74) is 0. The Morgan fingerprint density at radius 3 is 1.00 bits per heavy atom. The molecule has 0 aromatic carbocycles. The molecular formula is H6CaFeOSi. The first-order valence-electron chi connectivity index (χ1n) is 0. The minimum atomic E-state index is 0. The van der Waals surface area contributed by atoms with Crippen LogP contribution in [0.4, 0.5) is 0 Å². The van der Waals surface area contributed by atoms with Crippen LogP contribution in [0.25, 0.3) is 0 Å². The molecule has 0 unspecified atom stereocenters. The Morgan fingerprint density at radius 1 is 1.00 bits per heavy atom. The molecule has 0 aliphatic carbocycles. The summed E-state index contributed by atoms with van der Waals surface area (Å²) in [5, 5.41) is 0. The van der Waals surface area contributed by atoms with Crippen LogP contribution in [0.5, 0.6) is 0 Å². The maximum atomic E-state index is 0. The topological polar surface area (TPSA) is 30.0 Å². The Bertz CT molecular complexity index is 8.00. The maximum Gasteiger partial charge on any atom is 0 e. The van der Waals surface area contributed by atoms with E-state index >= 15 is 0 Å². The first kappa shape index (κ1) is 38.2. The van der Waals surface area contributed by atoms with E-state index in [4.69, 9.17) is 0 Å². The van der Waals surface area contributed by atoms with Crippen molar-refractivity contribution in [3.05, 3.63) is 0 Å². The third-order valence-corrected chi connectivity index (χ3v) is 0. The second-order valence-corrected chi connectivity index (χ2v) is 0. The van der Waals surface area contributed by atoms with Crippen molar-refractivity contribution >= 4 is 48.7 Å². The van der Waals surface area contributed by atoms with E-state index in [1.807, 2.05) is 0 Å². The third-order valence-electron chi connectivity index (χ3n) is 0. The van der Waals surface area contributed by atoms with E-state index in [0.717, 1.165) is 0 Å². The molecule has 0 spiro atoms. The zero-order valence-corrected chi connectivity index (χ0v) is 6.03. The summed E-state index contributed by atoms with van der Waals surface area (Å²) in [5.74, 6) is 0. The number of rotatable bonds is 0. The van der Waals surface area contributed by atoms with Gasteiger partial charge in [-0.3, -0.25) is 0 Å². The van der Waals surface area contributed by atoms with Gasteiger partial charge in [0.05, 0.1) is 0 Å². The minimum absolute atomic E-state index is 0. The van der Waals surface area contributed by atoms with Crippen molar-refractivity contribution in [1.82, 2.24) is 0 Å². The van der Waals surface area contributed by atoms with Gasteiger partial charge in [-0.15, -0.1) is 0 Å². The van der Waals surface area contributed by atoms with E-state index in [0.29, 0.717) is 0 Å². The van der Waals surface area contributed by atoms with Gasteiger partial charge in [-0.25, -0.2) is 0 Å². The van der Waals surface area contributed by atoms with Crippen molar-refractivity contribution < 1.29 is 22.5 Å². The van der Waals surface area contributed by atoms with Crippen molar-refractivity contribution in [3.63, 3.8) is 0 Å². The molecule has 0 fully saturated rings. The van der Waals surface area contributed by atoms with Crippen LogP contribution in [0.2, 0.25) is 0 Å². The van der Waals surface area contributed by atoms with E-state index in [-0.39, 0.29) is 71.2 Å². The average Bonchev–Trinajstić information content (AvgIpc) is 0. The van der Waals surface area contributed by atoms with Gasteiger partial charge in [0.1, 0.15) is 0 Å². The zero-order valence-electron chi connectivity index (χ0n) is 1.80. The summed E-state index contributed by atoms with van der Waals surface area (Å²) in [4.78, 5) is 0. The first-order chi connectivity index (χ1) is 0. The second-order valence-electron chi connectivity index (χ2n) is 0. The van der Waals surface area contributed by atoms with Crippen LogP contribution in [0, 0.1) is 0 Å².